The number of aliphatic hydroxyl groups is 1. The third kappa shape index (κ3) is 6.44. The van der Waals surface area contributed by atoms with Crippen LogP contribution in [-0.2, 0) is 4.74 Å². The largest absolute Gasteiger partial charge is 0.490 e. The monoisotopic (exact) mass is 490 g/mol. The van der Waals surface area contributed by atoms with Crippen LogP contribution in [0.15, 0.2) is 36.7 Å². The number of fused-ring (bicyclic) bond motifs is 1. The van der Waals surface area contributed by atoms with Gasteiger partial charge in [-0.25, -0.2) is 14.4 Å². The smallest absolute Gasteiger partial charge is 0.163 e. The van der Waals surface area contributed by atoms with Crippen LogP contribution in [0.25, 0.3) is 10.9 Å². The molecule has 0 spiro atoms. The van der Waals surface area contributed by atoms with Gasteiger partial charge in [0.25, 0.3) is 0 Å². The number of benzene rings is 2. The average Bonchev–Trinajstić information content (AvgIpc) is 2.85. The predicted molar refractivity (Wildman–Crippen MR) is 129 cm³/mol. The van der Waals surface area contributed by atoms with Crippen LogP contribution in [0.4, 0.5) is 15.9 Å². The minimum absolute atomic E-state index is 0.0206. The molecule has 10 heteroatoms. The van der Waals surface area contributed by atoms with Crippen molar-refractivity contribution in [2.24, 2.45) is 0 Å². The van der Waals surface area contributed by atoms with E-state index in [0.29, 0.717) is 48.2 Å². The first-order valence-electron chi connectivity index (χ1n) is 11.3. The molecule has 3 aromatic rings. The summed E-state index contributed by atoms with van der Waals surface area (Å²) in [6, 6.07) is 8.02. The van der Waals surface area contributed by atoms with Crippen molar-refractivity contribution >= 4 is 34.0 Å². The third-order valence-electron chi connectivity index (χ3n) is 5.42. The molecular weight excluding hydrogens is 463 g/mol. The van der Waals surface area contributed by atoms with Gasteiger partial charge in [-0.05, 0) is 30.7 Å². The number of hydrogen-bond donors (Lipinski definition) is 2. The van der Waals surface area contributed by atoms with Crippen LogP contribution in [0.5, 0.6) is 11.5 Å². The summed E-state index contributed by atoms with van der Waals surface area (Å²) in [5, 5.41) is 13.0. The second-order valence-electron chi connectivity index (χ2n) is 7.87. The Balaban J connectivity index is 1.53. The number of morpholine rings is 1. The zero-order valence-electron chi connectivity index (χ0n) is 18.8. The van der Waals surface area contributed by atoms with Gasteiger partial charge < -0.3 is 24.6 Å². The van der Waals surface area contributed by atoms with Gasteiger partial charge in [0.1, 0.15) is 18.0 Å². The highest BCUT2D eigenvalue weighted by Crippen LogP contribution is 2.35. The van der Waals surface area contributed by atoms with Gasteiger partial charge >= 0.3 is 0 Å². The zero-order valence-corrected chi connectivity index (χ0v) is 19.6. The summed E-state index contributed by atoms with van der Waals surface area (Å²) >= 11 is 5.92. The Bertz CT molecular complexity index is 1100. The first-order valence-corrected chi connectivity index (χ1v) is 11.7. The molecule has 0 unspecified atom stereocenters. The zero-order chi connectivity index (χ0) is 23.8. The van der Waals surface area contributed by atoms with Crippen molar-refractivity contribution in [3.63, 3.8) is 0 Å². The van der Waals surface area contributed by atoms with Gasteiger partial charge in [0.15, 0.2) is 11.5 Å². The second-order valence-corrected chi connectivity index (χ2v) is 8.28. The first-order chi connectivity index (χ1) is 16.6. The lowest BCUT2D eigenvalue weighted by Gasteiger charge is -2.26. The number of hydrogen-bond acceptors (Lipinski definition) is 8. The number of ether oxygens (including phenoxy) is 3. The van der Waals surface area contributed by atoms with Crippen LogP contribution in [-0.4, -0.2) is 72.6 Å². The number of aromatic nitrogens is 2. The molecule has 0 aliphatic carbocycles. The maximum Gasteiger partial charge on any atom is 0.163 e. The number of nitrogens with one attached hydrogen (secondary N) is 1. The Kier molecular flexibility index (Phi) is 8.70. The molecule has 1 aliphatic rings. The van der Waals surface area contributed by atoms with Gasteiger partial charge in [-0.1, -0.05) is 11.6 Å². The minimum atomic E-state index is -0.489. The van der Waals surface area contributed by atoms with Crippen LogP contribution >= 0.6 is 11.6 Å². The van der Waals surface area contributed by atoms with E-state index in [2.05, 4.69) is 20.2 Å². The molecular formula is C24H28ClFN4O4. The van der Waals surface area contributed by atoms with Crippen LogP contribution in [0.2, 0.25) is 5.02 Å². The Labute approximate surface area is 202 Å². The van der Waals surface area contributed by atoms with E-state index in [9.17, 15) is 4.39 Å². The molecule has 0 amide bonds. The minimum Gasteiger partial charge on any atom is -0.490 e. The van der Waals surface area contributed by atoms with Crippen molar-refractivity contribution < 1.29 is 23.7 Å². The lowest BCUT2D eigenvalue weighted by Crippen LogP contribution is -2.37. The van der Waals surface area contributed by atoms with Crippen molar-refractivity contribution in [1.29, 1.82) is 0 Å². The van der Waals surface area contributed by atoms with E-state index in [-0.39, 0.29) is 11.6 Å². The highest BCUT2D eigenvalue weighted by molar-refractivity contribution is 6.31. The number of aliphatic hydroxyl groups excluding tert-OH is 1. The normalized spacial score (nSPS) is 14.3. The standard InChI is InChI=1S/C24H28ClFN4O4/c25-19-13-17(3-4-20(19)26)29-24-18-14-22(33-9-1-5-30-6-11-32-12-7-30)23(34-10-2-8-31)15-21(18)27-16-28-24/h3-4,13-16,31H,1-2,5-12H2,(H,27,28,29). The molecule has 34 heavy (non-hydrogen) atoms. The molecule has 1 aliphatic heterocycles. The van der Waals surface area contributed by atoms with Crippen LogP contribution in [0, 0.1) is 5.82 Å². The van der Waals surface area contributed by atoms with Crippen molar-refractivity contribution in [3.05, 3.63) is 47.5 Å². The van der Waals surface area contributed by atoms with E-state index in [0.717, 1.165) is 44.7 Å². The molecule has 0 radical (unpaired) electrons. The van der Waals surface area contributed by atoms with Gasteiger partial charge in [0.2, 0.25) is 0 Å². The SMILES string of the molecule is OCCCOc1cc2ncnc(Nc3ccc(F)c(Cl)c3)c2cc1OCCCN1CCOCC1. The van der Waals surface area contributed by atoms with E-state index in [1.165, 1.54) is 18.5 Å². The fourth-order valence-electron chi connectivity index (χ4n) is 3.64. The van der Waals surface area contributed by atoms with Crippen molar-refractivity contribution in [2.75, 3.05) is 58.0 Å². The predicted octanol–water partition coefficient (Wildman–Crippen LogP) is 4.03. The fourth-order valence-corrected chi connectivity index (χ4v) is 3.82. The van der Waals surface area contributed by atoms with Gasteiger partial charge in [0.05, 0.1) is 37.0 Å². The number of anilines is 2. The molecule has 2 aromatic carbocycles. The van der Waals surface area contributed by atoms with Gasteiger partial charge in [-0.3, -0.25) is 4.90 Å². The average molecular weight is 491 g/mol. The van der Waals surface area contributed by atoms with Crippen molar-refractivity contribution in [3.8, 4) is 11.5 Å². The molecule has 8 nitrogen and oxygen atoms in total. The van der Waals surface area contributed by atoms with Crippen LogP contribution < -0.4 is 14.8 Å². The van der Waals surface area contributed by atoms with Crippen LogP contribution in [0.1, 0.15) is 12.8 Å². The summed E-state index contributed by atoms with van der Waals surface area (Å²) in [5.74, 6) is 1.18. The van der Waals surface area contributed by atoms with Crippen LogP contribution in [0.3, 0.4) is 0 Å². The maximum atomic E-state index is 13.5. The lowest BCUT2D eigenvalue weighted by molar-refractivity contribution is 0.0357. The molecule has 1 saturated heterocycles. The third-order valence-corrected chi connectivity index (χ3v) is 5.71. The molecule has 0 bridgehead atoms. The highest BCUT2D eigenvalue weighted by Gasteiger charge is 2.14. The molecule has 2 heterocycles. The Morgan fingerprint density at radius 1 is 1.06 bits per heavy atom. The van der Waals surface area contributed by atoms with E-state index in [4.69, 9.17) is 30.9 Å². The number of halogens is 2. The molecule has 182 valence electrons. The topological polar surface area (TPSA) is 89.0 Å². The quantitative estimate of drug-likeness (QED) is 0.389. The molecule has 2 N–H and O–H groups in total. The molecule has 0 saturated carbocycles. The molecule has 1 fully saturated rings. The Hall–Kier alpha value is -2.72. The molecule has 4 rings (SSSR count). The van der Waals surface area contributed by atoms with Gasteiger partial charge in [0, 0.05) is 49.8 Å². The number of nitrogens with zero attached hydrogens (tertiary/aromatic N) is 3. The summed E-state index contributed by atoms with van der Waals surface area (Å²) in [4.78, 5) is 11.1. The van der Waals surface area contributed by atoms with E-state index >= 15 is 0 Å². The van der Waals surface area contributed by atoms with Gasteiger partial charge in [-0.15, -0.1) is 0 Å². The Morgan fingerprint density at radius 2 is 1.82 bits per heavy atom. The summed E-state index contributed by atoms with van der Waals surface area (Å²) in [7, 11) is 0. The highest BCUT2D eigenvalue weighted by atomic mass is 35.5. The van der Waals surface area contributed by atoms with E-state index in [1.807, 2.05) is 6.07 Å². The van der Waals surface area contributed by atoms with E-state index < -0.39 is 5.82 Å². The number of rotatable bonds is 11. The Morgan fingerprint density at radius 3 is 2.59 bits per heavy atom. The molecule has 0 atom stereocenters. The molecule has 1 aromatic heterocycles. The summed E-state index contributed by atoms with van der Waals surface area (Å²) in [6.45, 7) is 5.25. The van der Waals surface area contributed by atoms with Gasteiger partial charge in [-0.2, -0.15) is 0 Å². The fraction of sp³-hybridized carbons (Fsp3) is 0.417. The van der Waals surface area contributed by atoms with E-state index in [1.54, 1.807) is 12.1 Å². The second kappa shape index (κ2) is 12.1. The lowest BCUT2D eigenvalue weighted by atomic mass is 10.2. The van der Waals surface area contributed by atoms with Crippen molar-refractivity contribution in [2.45, 2.75) is 12.8 Å². The summed E-state index contributed by atoms with van der Waals surface area (Å²) in [5.41, 5.74) is 1.26. The summed E-state index contributed by atoms with van der Waals surface area (Å²) in [6.07, 6.45) is 2.81. The first kappa shape index (κ1) is 24.4. The van der Waals surface area contributed by atoms with Crippen molar-refractivity contribution in [1.82, 2.24) is 14.9 Å². The maximum absolute atomic E-state index is 13.5. The summed E-state index contributed by atoms with van der Waals surface area (Å²) < 4.78 is 30.9.